The summed E-state index contributed by atoms with van der Waals surface area (Å²) in [6, 6.07) is 0. The van der Waals surface area contributed by atoms with Crippen molar-refractivity contribution in [1.82, 2.24) is 0 Å². The fourth-order valence-electron chi connectivity index (χ4n) is 5.26. The van der Waals surface area contributed by atoms with Crippen molar-refractivity contribution in [1.29, 1.82) is 0 Å². The fourth-order valence-corrected chi connectivity index (χ4v) is 9.23. The zero-order valence-corrected chi connectivity index (χ0v) is 17.1. The van der Waals surface area contributed by atoms with Gasteiger partial charge in [0, 0.05) is 7.11 Å². The Balaban J connectivity index is 1.68. The molecule has 1 unspecified atom stereocenters. The predicted molar refractivity (Wildman–Crippen MR) is 114 cm³/mol. The van der Waals surface area contributed by atoms with Crippen LogP contribution in [0.3, 0.4) is 0 Å². The molecule has 0 N–H and O–H groups in total. The fraction of sp³-hybridized carbons (Fsp3) is 0.583. The molecular weight excluding hydrogens is 335 g/mol. The van der Waals surface area contributed by atoms with E-state index in [1.807, 2.05) is 7.11 Å². The van der Waals surface area contributed by atoms with E-state index in [4.69, 9.17) is 4.74 Å². The van der Waals surface area contributed by atoms with E-state index in [1.54, 1.807) is 5.31 Å². The van der Waals surface area contributed by atoms with Crippen LogP contribution in [-0.2, 0) is 4.74 Å². The van der Waals surface area contributed by atoms with Gasteiger partial charge in [-0.15, -0.1) is 0 Å². The number of hydrogen-bond acceptors (Lipinski definition) is 1. The average molecular weight is 369 g/mol. The van der Waals surface area contributed by atoms with Gasteiger partial charge in [-0.2, -0.15) is 0 Å². The Morgan fingerprint density at radius 2 is 1.46 bits per heavy atom. The van der Waals surface area contributed by atoms with Crippen LogP contribution in [0.15, 0.2) is 59.0 Å². The van der Waals surface area contributed by atoms with Crippen LogP contribution < -0.4 is 0 Å². The molecule has 0 bridgehead atoms. The first-order valence-electron chi connectivity index (χ1n) is 10.7. The topological polar surface area (TPSA) is 9.23 Å². The van der Waals surface area contributed by atoms with Gasteiger partial charge in [0.2, 0.25) is 0 Å². The van der Waals surface area contributed by atoms with Gasteiger partial charge >= 0.3 is 0 Å². The zero-order valence-electron chi connectivity index (χ0n) is 16.2. The molecule has 2 saturated carbocycles. The van der Waals surface area contributed by atoms with Crippen LogP contribution in [0.5, 0.6) is 0 Å². The summed E-state index contributed by atoms with van der Waals surface area (Å²) >= 11 is 0. The van der Waals surface area contributed by atoms with Gasteiger partial charge in [0.05, 0.1) is 0 Å². The molecule has 4 aliphatic rings. The molecule has 0 aromatic rings. The lowest BCUT2D eigenvalue weighted by molar-refractivity contribution is 0.170. The van der Waals surface area contributed by atoms with Crippen LogP contribution >= 0.6 is 7.92 Å². The third-order valence-electron chi connectivity index (χ3n) is 6.55. The molecule has 0 aromatic carbocycles. The summed E-state index contributed by atoms with van der Waals surface area (Å²) in [7, 11) is 1.78. The molecule has 4 aliphatic carbocycles. The van der Waals surface area contributed by atoms with Gasteiger partial charge in [-0.25, -0.2) is 0 Å². The van der Waals surface area contributed by atoms with Crippen molar-refractivity contribution in [3.63, 3.8) is 0 Å². The Morgan fingerprint density at radius 1 is 0.808 bits per heavy atom. The van der Waals surface area contributed by atoms with E-state index in [0.717, 1.165) is 11.3 Å². The number of allylic oxidation sites excluding steroid dienone is 7. The first kappa shape index (κ1) is 18.5. The minimum absolute atomic E-state index is 0.0591. The molecule has 0 radical (unpaired) electrons. The van der Waals surface area contributed by atoms with Crippen molar-refractivity contribution in [2.24, 2.45) is 0 Å². The Kier molecular flexibility index (Phi) is 6.28. The van der Waals surface area contributed by atoms with Crippen molar-refractivity contribution in [3.8, 4) is 0 Å². The standard InChI is InChI=1S/C24H33OP/c1-25-23-17-9-8-15-21(23)22-16-10-18-24(22)26(19-11-4-2-5-12-19)20-13-6-3-7-14-20/h8-10,15-20,23H,2-7,11-14H2,1H3/b22-21+. The van der Waals surface area contributed by atoms with Crippen LogP contribution in [0.4, 0.5) is 0 Å². The summed E-state index contributed by atoms with van der Waals surface area (Å²) in [6.07, 6.45) is 30.6. The van der Waals surface area contributed by atoms with Gasteiger partial charge in [-0.3, -0.25) is 0 Å². The molecule has 0 aliphatic heterocycles. The maximum atomic E-state index is 5.79. The van der Waals surface area contributed by atoms with Crippen LogP contribution in [0.1, 0.15) is 64.2 Å². The van der Waals surface area contributed by atoms with Crippen molar-refractivity contribution in [2.45, 2.75) is 81.6 Å². The molecule has 0 aromatic heterocycles. The number of methoxy groups -OCH3 is 1. The Bertz CT molecular complexity index is 621. The summed E-state index contributed by atoms with van der Waals surface area (Å²) in [4.78, 5) is 0. The van der Waals surface area contributed by atoms with Gasteiger partial charge < -0.3 is 4.74 Å². The number of rotatable bonds is 4. The molecule has 2 fully saturated rings. The second-order valence-electron chi connectivity index (χ2n) is 8.17. The third-order valence-corrected chi connectivity index (χ3v) is 10.1. The first-order valence-corrected chi connectivity index (χ1v) is 12.2. The molecular formula is C24H33OP. The highest BCUT2D eigenvalue weighted by Crippen LogP contribution is 2.64. The van der Waals surface area contributed by atoms with E-state index < -0.39 is 0 Å². The van der Waals surface area contributed by atoms with Gasteiger partial charge in [0.1, 0.15) is 6.10 Å². The summed E-state index contributed by atoms with van der Waals surface area (Å²) < 4.78 is 5.79. The highest BCUT2D eigenvalue weighted by molar-refractivity contribution is 7.64. The summed E-state index contributed by atoms with van der Waals surface area (Å²) in [6.45, 7) is 0. The van der Waals surface area contributed by atoms with Gasteiger partial charge in [-0.1, -0.05) is 89.0 Å². The molecule has 1 nitrogen and oxygen atoms in total. The summed E-state index contributed by atoms with van der Waals surface area (Å²) in [5, 5.41) is 1.69. The number of ether oxygens (including phenoxy) is 1. The minimum Gasteiger partial charge on any atom is -0.373 e. The Morgan fingerprint density at radius 3 is 2.08 bits per heavy atom. The van der Waals surface area contributed by atoms with Gasteiger partial charge in [0.25, 0.3) is 0 Å². The highest BCUT2D eigenvalue weighted by atomic mass is 31.1. The maximum Gasteiger partial charge on any atom is 0.101 e. The summed E-state index contributed by atoms with van der Waals surface area (Å²) in [5.41, 5.74) is 4.76. The average Bonchev–Trinajstić information content (AvgIpc) is 3.19. The van der Waals surface area contributed by atoms with Crippen molar-refractivity contribution in [3.05, 3.63) is 59.0 Å². The molecule has 1 atom stereocenters. The third kappa shape index (κ3) is 3.85. The Labute approximate surface area is 160 Å². The van der Waals surface area contributed by atoms with Crippen LogP contribution in [0.25, 0.3) is 0 Å². The van der Waals surface area contributed by atoms with E-state index in [1.165, 1.54) is 75.4 Å². The van der Waals surface area contributed by atoms with E-state index in [9.17, 15) is 0 Å². The Hall–Kier alpha value is -0.910. The SMILES string of the molecule is COC1C=CC=C/C1=C1/C=CC=C1P(C1CCCCC1)C1CCCCC1. The molecule has 2 heteroatoms. The van der Waals surface area contributed by atoms with E-state index in [2.05, 4.69) is 42.5 Å². The number of hydrogen-bond donors (Lipinski definition) is 0. The monoisotopic (exact) mass is 368 g/mol. The lowest BCUT2D eigenvalue weighted by Crippen LogP contribution is -2.22. The molecule has 4 rings (SSSR count). The van der Waals surface area contributed by atoms with Crippen LogP contribution in [0, 0.1) is 0 Å². The normalized spacial score (nSPS) is 30.4. The van der Waals surface area contributed by atoms with Crippen molar-refractivity contribution < 1.29 is 4.74 Å². The van der Waals surface area contributed by atoms with Crippen molar-refractivity contribution in [2.75, 3.05) is 7.11 Å². The van der Waals surface area contributed by atoms with Gasteiger partial charge in [-0.05, 0) is 53.5 Å². The van der Waals surface area contributed by atoms with E-state index >= 15 is 0 Å². The lowest BCUT2D eigenvalue weighted by atomic mass is 9.98. The quantitative estimate of drug-likeness (QED) is 0.484. The van der Waals surface area contributed by atoms with Crippen LogP contribution in [-0.4, -0.2) is 24.5 Å². The highest BCUT2D eigenvalue weighted by Gasteiger charge is 2.35. The molecule has 0 saturated heterocycles. The lowest BCUT2D eigenvalue weighted by Gasteiger charge is -2.40. The zero-order chi connectivity index (χ0) is 17.8. The van der Waals surface area contributed by atoms with Crippen LogP contribution in [0.2, 0.25) is 0 Å². The molecule has 0 spiro atoms. The molecule has 26 heavy (non-hydrogen) atoms. The second-order valence-corrected chi connectivity index (χ2v) is 10.9. The van der Waals surface area contributed by atoms with E-state index in [0.29, 0.717) is 0 Å². The largest absolute Gasteiger partial charge is 0.373 e. The predicted octanol–water partition coefficient (Wildman–Crippen LogP) is 7.03. The second kappa shape index (κ2) is 8.85. The molecule has 0 heterocycles. The smallest absolute Gasteiger partial charge is 0.101 e. The van der Waals surface area contributed by atoms with E-state index in [-0.39, 0.29) is 14.0 Å². The maximum absolute atomic E-state index is 5.79. The molecule has 140 valence electrons. The minimum atomic E-state index is -0.0591. The van der Waals surface area contributed by atoms with Crippen molar-refractivity contribution >= 4 is 7.92 Å². The van der Waals surface area contributed by atoms with Gasteiger partial charge in [0.15, 0.2) is 0 Å². The first-order chi connectivity index (χ1) is 12.9. The summed E-state index contributed by atoms with van der Waals surface area (Å²) in [5.74, 6) is 0. The molecule has 0 amide bonds.